The molecular formula is C15H16F3N3O3. The van der Waals surface area contributed by atoms with Crippen molar-refractivity contribution in [2.75, 3.05) is 11.9 Å². The summed E-state index contributed by atoms with van der Waals surface area (Å²) in [5.74, 6) is 0.716. The van der Waals surface area contributed by atoms with Crippen molar-refractivity contribution in [3.63, 3.8) is 0 Å². The topological polar surface area (TPSA) is 81.2 Å². The largest absolute Gasteiger partial charge is 0.416 e. The molecule has 1 N–H and O–H groups in total. The number of benzene rings is 1. The molecule has 9 heteroatoms. The predicted molar refractivity (Wildman–Crippen MR) is 80.9 cm³/mol. The van der Waals surface area contributed by atoms with Gasteiger partial charge >= 0.3 is 6.18 Å². The Balaban J connectivity index is 2.03. The van der Waals surface area contributed by atoms with Crippen LogP contribution in [0.4, 0.5) is 24.5 Å². The average molecular weight is 343 g/mol. The summed E-state index contributed by atoms with van der Waals surface area (Å²) in [6.45, 7) is 3.99. The van der Waals surface area contributed by atoms with Gasteiger partial charge in [-0.3, -0.25) is 10.1 Å². The summed E-state index contributed by atoms with van der Waals surface area (Å²) in [5, 5.41) is 17.6. The van der Waals surface area contributed by atoms with Gasteiger partial charge in [-0.1, -0.05) is 5.16 Å². The van der Waals surface area contributed by atoms with E-state index in [1.165, 1.54) is 0 Å². The number of aromatic nitrogens is 1. The molecule has 0 unspecified atom stereocenters. The molecule has 0 atom stereocenters. The van der Waals surface area contributed by atoms with Crippen LogP contribution in [0.5, 0.6) is 0 Å². The second kappa shape index (κ2) is 6.90. The number of halogens is 3. The molecule has 0 aliphatic heterocycles. The van der Waals surface area contributed by atoms with Crippen molar-refractivity contribution in [1.29, 1.82) is 0 Å². The van der Waals surface area contributed by atoms with Crippen molar-refractivity contribution < 1.29 is 22.6 Å². The minimum atomic E-state index is -4.62. The van der Waals surface area contributed by atoms with Crippen LogP contribution in [-0.2, 0) is 12.6 Å². The summed E-state index contributed by atoms with van der Waals surface area (Å²) < 4.78 is 43.0. The molecule has 6 nitrogen and oxygen atoms in total. The van der Waals surface area contributed by atoms with Gasteiger partial charge in [-0.15, -0.1) is 0 Å². The van der Waals surface area contributed by atoms with Crippen molar-refractivity contribution in [1.82, 2.24) is 5.16 Å². The highest BCUT2D eigenvalue weighted by Crippen LogP contribution is 2.34. The van der Waals surface area contributed by atoms with Crippen LogP contribution >= 0.6 is 0 Å². The van der Waals surface area contributed by atoms with Crippen molar-refractivity contribution >= 4 is 11.4 Å². The molecule has 2 rings (SSSR count). The van der Waals surface area contributed by atoms with E-state index in [0.29, 0.717) is 31.2 Å². The molecule has 0 aliphatic rings. The van der Waals surface area contributed by atoms with Gasteiger partial charge in [0.05, 0.1) is 16.2 Å². The molecule has 24 heavy (non-hydrogen) atoms. The lowest BCUT2D eigenvalue weighted by Crippen LogP contribution is -2.09. The quantitative estimate of drug-likeness (QED) is 0.481. The third-order valence-corrected chi connectivity index (χ3v) is 3.62. The first kappa shape index (κ1) is 17.8. The van der Waals surface area contributed by atoms with Gasteiger partial charge in [0.1, 0.15) is 11.4 Å². The molecule has 0 radical (unpaired) electrons. The second-order valence-corrected chi connectivity index (χ2v) is 5.32. The Morgan fingerprint density at radius 2 is 2.04 bits per heavy atom. The van der Waals surface area contributed by atoms with Gasteiger partial charge in [0.2, 0.25) is 0 Å². The number of nitrogens with zero attached hydrogens (tertiary/aromatic N) is 2. The van der Waals surface area contributed by atoms with Crippen LogP contribution in [0.2, 0.25) is 0 Å². The van der Waals surface area contributed by atoms with Crippen molar-refractivity contribution in [3.8, 4) is 0 Å². The number of nitro groups is 1. The van der Waals surface area contributed by atoms with Gasteiger partial charge in [-0.25, -0.2) is 0 Å². The molecule has 0 aliphatic carbocycles. The zero-order chi connectivity index (χ0) is 17.9. The van der Waals surface area contributed by atoms with E-state index >= 15 is 0 Å². The fourth-order valence-electron chi connectivity index (χ4n) is 2.36. The summed E-state index contributed by atoms with van der Waals surface area (Å²) in [7, 11) is 0. The molecule has 0 saturated carbocycles. The Kier molecular flexibility index (Phi) is 5.10. The zero-order valence-electron chi connectivity index (χ0n) is 13.1. The summed E-state index contributed by atoms with van der Waals surface area (Å²) in [6, 6.07) is 2.44. The van der Waals surface area contributed by atoms with Crippen LogP contribution in [0, 0.1) is 24.0 Å². The van der Waals surface area contributed by atoms with Crippen LogP contribution in [0.3, 0.4) is 0 Å². The highest BCUT2D eigenvalue weighted by Gasteiger charge is 2.32. The summed E-state index contributed by atoms with van der Waals surface area (Å²) in [4.78, 5) is 10.2. The fourth-order valence-corrected chi connectivity index (χ4v) is 2.36. The Labute approximate surface area is 135 Å². The van der Waals surface area contributed by atoms with Gasteiger partial charge in [0, 0.05) is 18.2 Å². The number of rotatable bonds is 6. The Bertz CT molecular complexity index is 722. The SMILES string of the molecule is Cc1noc(C)c1CCCNc1ccc(C(F)(F)F)cc1[N+](=O)[O-]. The molecule has 0 bridgehead atoms. The molecule has 0 amide bonds. The predicted octanol–water partition coefficient (Wildman–Crippen LogP) is 4.26. The van der Waals surface area contributed by atoms with E-state index in [4.69, 9.17) is 4.52 Å². The Morgan fingerprint density at radius 1 is 1.33 bits per heavy atom. The molecule has 1 heterocycles. The Morgan fingerprint density at radius 3 is 2.58 bits per heavy atom. The van der Waals surface area contributed by atoms with E-state index in [1.807, 2.05) is 6.92 Å². The third kappa shape index (κ3) is 4.03. The summed E-state index contributed by atoms with van der Waals surface area (Å²) in [6.07, 6.45) is -3.34. The maximum Gasteiger partial charge on any atom is 0.416 e. The number of alkyl halides is 3. The Hall–Kier alpha value is -2.58. The summed E-state index contributed by atoms with van der Waals surface area (Å²) >= 11 is 0. The monoisotopic (exact) mass is 343 g/mol. The van der Waals surface area contributed by atoms with Crippen molar-refractivity contribution in [2.24, 2.45) is 0 Å². The molecular weight excluding hydrogens is 327 g/mol. The number of hydrogen-bond donors (Lipinski definition) is 1. The first-order valence-electron chi connectivity index (χ1n) is 7.21. The van der Waals surface area contributed by atoms with Crippen molar-refractivity contribution in [2.45, 2.75) is 32.9 Å². The molecule has 1 aromatic carbocycles. The number of nitrogens with one attached hydrogen (secondary N) is 1. The molecule has 2 aromatic rings. The average Bonchev–Trinajstić information content (AvgIpc) is 2.81. The van der Waals surface area contributed by atoms with E-state index in [9.17, 15) is 23.3 Å². The number of aryl methyl sites for hydroxylation is 2. The highest BCUT2D eigenvalue weighted by molar-refractivity contribution is 5.62. The molecule has 0 saturated heterocycles. The maximum absolute atomic E-state index is 12.6. The van der Waals surface area contributed by atoms with Gasteiger partial charge in [-0.2, -0.15) is 13.2 Å². The number of nitro benzene ring substituents is 1. The third-order valence-electron chi connectivity index (χ3n) is 3.62. The highest BCUT2D eigenvalue weighted by atomic mass is 19.4. The number of anilines is 1. The molecule has 0 fully saturated rings. The van der Waals surface area contributed by atoms with Crippen LogP contribution in [0.25, 0.3) is 0 Å². The maximum atomic E-state index is 12.6. The zero-order valence-corrected chi connectivity index (χ0v) is 13.1. The van der Waals surface area contributed by atoms with Gasteiger partial charge in [0.25, 0.3) is 5.69 Å². The standard InChI is InChI=1S/C15H16F3N3O3/c1-9-12(10(2)24-20-9)4-3-7-19-13-6-5-11(15(16,17)18)8-14(13)21(22)23/h5-6,8,19H,3-4,7H2,1-2H3. The lowest BCUT2D eigenvalue weighted by Gasteiger charge is -2.10. The lowest BCUT2D eigenvalue weighted by molar-refractivity contribution is -0.384. The van der Waals surface area contributed by atoms with E-state index < -0.39 is 22.4 Å². The van der Waals surface area contributed by atoms with Crippen LogP contribution in [0.1, 0.15) is 29.0 Å². The van der Waals surface area contributed by atoms with Crippen LogP contribution in [-0.4, -0.2) is 16.6 Å². The second-order valence-electron chi connectivity index (χ2n) is 5.32. The van der Waals surface area contributed by atoms with Crippen LogP contribution in [0.15, 0.2) is 22.7 Å². The lowest BCUT2D eigenvalue weighted by atomic mass is 10.1. The normalized spacial score (nSPS) is 11.5. The van der Waals surface area contributed by atoms with Gasteiger partial charge < -0.3 is 9.84 Å². The van der Waals surface area contributed by atoms with Crippen LogP contribution < -0.4 is 5.32 Å². The fraction of sp³-hybridized carbons (Fsp3) is 0.400. The van der Waals surface area contributed by atoms with E-state index in [2.05, 4.69) is 10.5 Å². The minimum absolute atomic E-state index is 0.0618. The van der Waals surface area contributed by atoms with E-state index in [0.717, 1.165) is 23.4 Å². The minimum Gasteiger partial charge on any atom is -0.379 e. The smallest absolute Gasteiger partial charge is 0.379 e. The first-order valence-corrected chi connectivity index (χ1v) is 7.21. The summed E-state index contributed by atoms with van der Waals surface area (Å²) in [5.41, 5.74) is 0.177. The molecule has 0 spiro atoms. The molecule has 1 aromatic heterocycles. The number of hydrogen-bond acceptors (Lipinski definition) is 5. The van der Waals surface area contributed by atoms with E-state index in [-0.39, 0.29) is 5.69 Å². The van der Waals surface area contributed by atoms with Crippen molar-refractivity contribution in [3.05, 3.63) is 50.9 Å². The first-order chi connectivity index (χ1) is 11.2. The van der Waals surface area contributed by atoms with Gasteiger partial charge in [-0.05, 0) is 38.8 Å². The van der Waals surface area contributed by atoms with Gasteiger partial charge in [0.15, 0.2) is 0 Å². The molecule has 130 valence electrons. The van der Waals surface area contributed by atoms with E-state index in [1.54, 1.807) is 6.92 Å².